The third-order valence-electron chi connectivity index (χ3n) is 4.58. The van der Waals surface area contributed by atoms with Crippen LogP contribution in [0.4, 0.5) is 0 Å². The Kier molecular flexibility index (Phi) is 6.85. The van der Waals surface area contributed by atoms with Crippen LogP contribution in [0.15, 0.2) is 53.0 Å². The zero-order valence-corrected chi connectivity index (χ0v) is 18.0. The SMILES string of the molecule is C=C(OC(C)C)C(C#N)=CC(=CC)c1nc(-c2ncc(CCC(=O)O)c3cc[nH]c23)no1. The lowest BCUT2D eigenvalue weighted by atomic mass is 10.1. The molecule has 2 N–H and O–H groups in total. The van der Waals surface area contributed by atoms with Crippen LogP contribution < -0.4 is 0 Å². The van der Waals surface area contributed by atoms with Gasteiger partial charge in [-0.1, -0.05) is 17.8 Å². The van der Waals surface area contributed by atoms with Crippen LogP contribution in [0.1, 0.15) is 38.6 Å². The summed E-state index contributed by atoms with van der Waals surface area (Å²) in [6.07, 6.45) is 6.95. The quantitative estimate of drug-likeness (QED) is 0.287. The number of nitrogens with one attached hydrogen (secondary N) is 1. The number of hydrogen-bond donors (Lipinski definition) is 2. The highest BCUT2D eigenvalue weighted by molar-refractivity contribution is 5.92. The molecule has 0 amide bonds. The molecule has 0 atom stereocenters. The van der Waals surface area contributed by atoms with Gasteiger partial charge in [-0.3, -0.25) is 9.78 Å². The number of carboxylic acids is 1. The van der Waals surface area contributed by atoms with Gasteiger partial charge in [-0.25, -0.2) is 0 Å². The van der Waals surface area contributed by atoms with Crippen molar-refractivity contribution in [2.24, 2.45) is 0 Å². The standard InChI is InChI=1S/C23H23N5O4/c1-5-15(10-17(11-24)14(4)31-13(2)3)23-27-22(28-32-23)21-20-18(8-9-25-20)16(12-26-21)6-7-19(29)30/h5,8-10,12-13,25H,4,6-7H2,1-3H3,(H,29,30). The van der Waals surface area contributed by atoms with Gasteiger partial charge in [0.15, 0.2) is 0 Å². The summed E-state index contributed by atoms with van der Waals surface area (Å²) in [6, 6.07) is 3.93. The van der Waals surface area contributed by atoms with E-state index in [1.54, 1.807) is 31.5 Å². The number of aromatic nitrogens is 4. The fourth-order valence-corrected chi connectivity index (χ4v) is 3.10. The summed E-state index contributed by atoms with van der Waals surface area (Å²) in [5, 5.41) is 23.3. The van der Waals surface area contributed by atoms with Crippen molar-refractivity contribution in [1.29, 1.82) is 5.26 Å². The van der Waals surface area contributed by atoms with Crippen LogP contribution in [0.3, 0.4) is 0 Å². The van der Waals surface area contributed by atoms with Crippen molar-refractivity contribution in [3.05, 3.63) is 60.0 Å². The van der Waals surface area contributed by atoms with Gasteiger partial charge in [0.1, 0.15) is 17.5 Å². The number of allylic oxidation sites excluding steroid dienone is 4. The van der Waals surface area contributed by atoms with Crippen LogP contribution in [0.2, 0.25) is 0 Å². The maximum atomic E-state index is 10.9. The van der Waals surface area contributed by atoms with E-state index in [1.165, 1.54) is 0 Å². The van der Waals surface area contributed by atoms with Gasteiger partial charge in [0.05, 0.1) is 17.2 Å². The number of aryl methyl sites for hydroxylation is 1. The Labute approximate surface area is 184 Å². The fourth-order valence-electron chi connectivity index (χ4n) is 3.10. The van der Waals surface area contributed by atoms with Crippen LogP contribution in [-0.2, 0) is 16.0 Å². The average molecular weight is 433 g/mol. The smallest absolute Gasteiger partial charge is 0.303 e. The number of fused-ring (bicyclic) bond motifs is 1. The normalized spacial score (nSPS) is 12.2. The average Bonchev–Trinajstić information content (AvgIpc) is 3.42. The maximum Gasteiger partial charge on any atom is 0.303 e. The molecule has 0 unspecified atom stereocenters. The van der Waals surface area contributed by atoms with Crippen molar-refractivity contribution in [2.75, 3.05) is 0 Å². The predicted octanol–water partition coefficient (Wildman–Crippen LogP) is 4.42. The molecule has 3 aromatic heterocycles. The molecule has 0 spiro atoms. The molecule has 9 heteroatoms. The van der Waals surface area contributed by atoms with E-state index >= 15 is 0 Å². The first-order valence-electron chi connectivity index (χ1n) is 9.99. The number of aromatic amines is 1. The van der Waals surface area contributed by atoms with E-state index < -0.39 is 5.97 Å². The molecule has 0 bridgehead atoms. The van der Waals surface area contributed by atoms with Crippen LogP contribution >= 0.6 is 0 Å². The van der Waals surface area contributed by atoms with E-state index in [2.05, 4.69) is 32.8 Å². The van der Waals surface area contributed by atoms with Gasteiger partial charge in [0.25, 0.3) is 5.89 Å². The molecular weight excluding hydrogens is 410 g/mol. The maximum absolute atomic E-state index is 10.9. The number of carboxylic acid groups (broad SMARTS) is 1. The number of pyridine rings is 1. The van der Waals surface area contributed by atoms with E-state index in [-0.39, 0.29) is 35.6 Å². The molecule has 0 aliphatic carbocycles. The number of aliphatic carboxylic acids is 1. The van der Waals surface area contributed by atoms with E-state index in [1.807, 2.05) is 19.9 Å². The molecule has 0 saturated carbocycles. The van der Waals surface area contributed by atoms with E-state index in [0.717, 1.165) is 10.9 Å². The summed E-state index contributed by atoms with van der Waals surface area (Å²) in [5.74, 6) is -0.135. The Morgan fingerprint density at radius 3 is 2.91 bits per heavy atom. The number of carbonyl (C=O) groups is 1. The number of ether oxygens (including phenoxy) is 1. The highest BCUT2D eigenvalue weighted by Gasteiger charge is 2.18. The van der Waals surface area contributed by atoms with Crippen molar-refractivity contribution < 1.29 is 19.2 Å². The fraction of sp³-hybridized carbons (Fsp3) is 0.261. The second kappa shape index (κ2) is 9.75. The number of rotatable bonds is 9. The largest absolute Gasteiger partial charge is 0.490 e. The number of nitriles is 1. The molecule has 9 nitrogen and oxygen atoms in total. The predicted molar refractivity (Wildman–Crippen MR) is 118 cm³/mol. The van der Waals surface area contributed by atoms with Crippen LogP contribution in [0.25, 0.3) is 28.0 Å². The summed E-state index contributed by atoms with van der Waals surface area (Å²) in [5.41, 5.74) is 2.77. The number of nitrogens with zero attached hydrogens (tertiary/aromatic N) is 4. The summed E-state index contributed by atoms with van der Waals surface area (Å²) in [6.45, 7) is 9.29. The minimum absolute atomic E-state index is 0.0116. The summed E-state index contributed by atoms with van der Waals surface area (Å²) < 4.78 is 10.9. The first-order valence-corrected chi connectivity index (χ1v) is 9.99. The minimum Gasteiger partial charge on any atom is -0.490 e. The van der Waals surface area contributed by atoms with Crippen LogP contribution in [-0.4, -0.2) is 37.3 Å². The zero-order valence-electron chi connectivity index (χ0n) is 18.0. The third kappa shape index (κ3) is 4.92. The Bertz CT molecular complexity index is 1260. The molecule has 0 saturated heterocycles. The molecule has 164 valence electrons. The molecule has 3 heterocycles. The molecule has 3 aromatic rings. The van der Waals surface area contributed by atoms with E-state index in [4.69, 9.17) is 14.4 Å². The highest BCUT2D eigenvalue weighted by Crippen LogP contribution is 2.28. The van der Waals surface area contributed by atoms with Gasteiger partial charge in [-0.2, -0.15) is 10.2 Å². The van der Waals surface area contributed by atoms with Gasteiger partial charge >= 0.3 is 5.97 Å². The number of H-pyrrole nitrogens is 1. The summed E-state index contributed by atoms with van der Waals surface area (Å²) >= 11 is 0. The van der Waals surface area contributed by atoms with Gasteiger partial charge in [0, 0.05) is 29.8 Å². The summed E-state index contributed by atoms with van der Waals surface area (Å²) in [7, 11) is 0. The topological polar surface area (TPSA) is 138 Å². The second-order valence-corrected chi connectivity index (χ2v) is 7.22. The van der Waals surface area contributed by atoms with Crippen LogP contribution in [0.5, 0.6) is 0 Å². The van der Waals surface area contributed by atoms with Crippen molar-refractivity contribution in [3.8, 4) is 17.6 Å². The molecule has 0 radical (unpaired) electrons. The lowest BCUT2D eigenvalue weighted by Gasteiger charge is -2.11. The minimum atomic E-state index is -0.870. The van der Waals surface area contributed by atoms with E-state index in [9.17, 15) is 10.1 Å². The number of hydrogen-bond acceptors (Lipinski definition) is 7. The Morgan fingerprint density at radius 1 is 1.47 bits per heavy atom. The molecule has 3 rings (SSSR count). The van der Waals surface area contributed by atoms with Gasteiger partial charge in [-0.05, 0) is 44.9 Å². The first-order chi connectivity index (χ1) is 15.3. The molecular formula is C23H23N5O4. The van der Waals surface area contributed by atoms with Crippen molar-refractivity contribution >= 4 is 22.4 Å². The third-order valence-corrected chi connectivity index (χ3v) is 4.58. The monoisotopic (exact) mass is 433 g/mol. The lowest BCUT2D eigenvalue weighted by Crippen LogP contribution is -2.03. The molecule has 0 aliphatic rings. The zero-order chi connectivity index (χ0) is 23.3. The highest BCUT2D eigenvalue weighted by atomic mass is 16.5. The van der Waals surface area contributed by atoms with Gasteiger partial charge in [0.2, 0.25) is 5.82 Å². The Balaban J connectivity index is 1.93. The summed E-state index contributed by atoms with van der Waals surface area (Å²) in [4.78, 5) is 22.9. The van der Waals surface area contributed by atoms with Gasteiger partial charge in [-0.15, -0.1) is 0 Å². The second-order valence-electron chi connectivity index (χ2n) is 7.22. The van der Waals surface area contributed by atoms with Crippen LogP contribution in [0, 0.1) is 11.3 Å². The van der Waals surface area contributed by atoms with E-state index in [0.29, 0.717) is 23.2 Å². The molecule has 0 aromatic carbocycles. The first kappa shape index (κ1) is 22.5. The van der Waals surface area contributed by atoms with Crippen molar-refractivity contribution in [3.63, 3.8) is 0 Å². The van der Waals surface area contributed by atoms with Gasteiger partial charge < -0.3 is 19.4 Å². The molecule has 0 aliphatic heterocycles. The molecule has 0 fully saturated rings. The Morgan fingerprint density at radius 2 is 2.25 bits per heavy atom. The Hall–Kier alpha value is -4.19. The molecule has 32 heavy (non-hydrogen) atoms. The van der Waals surface area contributed by atoms with Crippen molar-refractivity contribution in [2.45, 2.75) is 39.7 Å². The lowest BCUT2D eigenvalue weighted by molar-refractivity contribution is -0.136. The van der Waals surface area contributed by atoms with Crippen molar-refractivity contribution in [1.82, 2.24) is 20.1 Å².